The molecule has 3 nitrogen and oxygen atoms in total. The van der Waals surface area contributed by atoms with Crippen molar-refractivity contribution >= 4 is 46.4 Å². The number of amides is 1. The van der Waals surface area contributed by atoms with Gasteiger partial charge in [-0.15, -0.1) is 0 Å². The molecule has 2 aromatic rings. The van der Waals surface area contributed by atoms with Gasteiger partial charge in [0.15, 0.2) is 0 Å². The van der Waals surface area contributed by atoms with E-state index in [9.17, 15) is 4.79 Å². The molecule has 6 heteroatoms. The van der Waals surface area contributed by atoms with Crippen LogP contribution < -0.4 is 5.32 Å². The third-order valence-electron chi connectivity index (χ3n) is 2.72. The van der Waals surface area contributed by atoms with Crippen LogP contribution in [0.15, 0.2) is 36.4 Å². The predicted molar refractivity (Wildman–Crippen MR) is 85.0 cm³/mol. The summed E-state index contributed by atoms with van der Waals surface area (Å²) in [6, 6.07) is 11.7. The number of rotatable bonds is 3. The molecule has 2 rings (SSSR count). The molecule has 106 valence electrons. The molecular formula is C15H9Cl3N2O. The zero-order valence-electron chi connectivity index (χ0n) is 10.7. The van der Waals surface area contributed by atoms with Gasteiger partial charge in [-0.2, -0.15) is 5.26 Å². The van der Waals surface area contributed by atoms with Crippen LogP contribution in [0.25, 0.3) is 0 Å². The molecule has 0 heterocycles. The van der Waals surface area contributed by atoms with E-state index in [0.29, 0.717) is 26.3 Å². The zero-order chi connectivity index (χ0) is 15.4. The average molecular weight is 340 g/mol. The SMILES string of the molecule is N#Cc1ccc(Cl)cc1NC(=O)Cc1ccc(Cl)c(Cl)c1. The third-order valence-corrected chi connectivity index (χ3v) is 3.70. The number of carbonyl (C=O) groups excluding carboxylic acids is 1. The lowest BCUT2D eigenvalue weighted by atomic mass is 10.1. The summed E-state index contributed by atoms with van der Waals surface area (Å²) in [6.45, 7) is 0. The first-order chi connectivity index (χ1) is 9.99. The van der Waals surface area contributed by atoms with Crippen LogP contribution in [0.4, 0.5) is 5.69 Å². The van der Waals surface area contributed by atoms with Crippen molar-refractivity contribution in [2.45, 2.75) is 6.42 Å². The summed E-state index contributed by atoms with van der Waals surface area (Å²) in [7, 11) is 0. The summed E-state index contributed by atoms with van der Waals surface area (Å²) >= 11 is 17.6. The van der Waals surface area contributed by atoms with E-state index >= 15 is 0 Å². The zero-order valence-corrected chi connectivity index (χ0v) is 12.9. The Kier molecular flexibility index (Phi) is 5.08. The van der Waals surface area contributed by atoms with Crippen LogP contribution in [0.2, 0.25) is 15.1 Å². The van der Waals surface area contributed by atoms with Crippen LogP contribution in [0, 0.1) is 11.3 Å². The molecule has 1 amide bonds. The van der Waals surface area contributed by atoms with Gasteiger partial charge in [-0.05, 0) is 35.9 Å². The maximum absolute atomic E-state index is 12.0. The van der Waals surface area contributed by atoms with Crippen molar-refractivity contribution in [3.05, 3.63) is 62.6 Å². The van der Waals surface area contributed by atoms with E-state index in [4.69, 9.17) is 40.1 Å². The Bertz CT molecular complexity index is 738. The van der Waals surface area contributed by atoms with E-state index in [1.807, 2.05) is 6.07 Å². The standard InChI is InChI=1S/C15H9Cl3N2O/c16-11-3-2-10(8-19)14(7-11)20-15(21)6-9-1-4-12(17)13(18)5-9/h1-5,7H,6H2,(H,20,21). The first-order valence-corrected chi connectivity index (χ1v) is 7.06. The number of anilines is 1. The quantitative estimate of drug-likeness (QED) is 0.881. The average Bonchev–Trinajstić information content (AvgIpc) is 2.43. The van der Waals surface area contributed by atoms with E-state index < -0.39 is 0 Å². The summed E-state index contributed by atoms with van der Waals surface area (Å²) in [5, 5.41) is 12.9. The van der Waals surface area contributed by atoms with Gasteiger partial charge >= 0.3 is 0 Å². The van der Waals surface area contributed by atoms with Gasteiger partial charge in [-0.3, -0.25) is 4.79 Å². The van der Waals surface area contributed by atoms with Crippen LogP contribution >= 0.6 is 34.8 Å². The third kappa shape index (κ3) is 4.12. The molecule has 0 saturated carbocycles. The maximum atomic E-state index is 12.0. The summed E-state index contributed by atoms with van der Waals surface area (Å²) in [5.74, 6) is -0.271. The van der Waals surface area contributed by atoms with E-state index in [1.165, 1.54) is 6.07 Å². The minimum Gasteiger partial charge on any atom is -0.325 e. The molecule has 0 unspecified atom stereocenters. The molecule has 0 aliphatic rings. The van der Waals surface area contributed by atoms with Gasteiger partial charge in [0, 0.05) is 5.02 Å². The Balaban J connectivity index is 2.13. The Hall–Kier alpha value is -1.73. The minimum atomic E-state index is -0.271. The smallest absolute Gasteiger partial charge is 0.228 e. The van der Waals surface area contributed by atoms with E-state index in [0.717, 1.165) is 5.56 Å². The summed E-state index contributed by atoms with van der Waals surface area (Å²) in [6.07, 6.45) is 0.119. The number of nitriles is 1. The second-order valence-corrected chi connectivity index (χ2v) is 5.53. The van der Waals surface area contributed by atoms with Crippen molar-refractivity contribution in [3.8, 4) is 6.07 Å². The van der Waals surface area contributed by atoms with Gasteiger partial charge < -0.3 is 5.32 Å². The summed E-state index contributed by atoms with van der Waals surface area (Å²) in [5.41, 5.74) is 1.46. The van der Waals surface area contributed by atoms with Crippen molar-refractivity contribution in [1.82, 2.24) is 0 Å². The molecule has 1 N–H and O–H groups in total. The lowest BCUT2D eigenvalue weighted by Crippen LogP contribution is -2.15. The molecular weight excluding hydrogens is 331 g/mol. The molecule has 0 atom stereocenters. The number of nitrogens with zero attached hydrogens (tertiary/aromatic N) is 1. The number of nitrogens with one attached hydrogen (secondary N) is 1. The predicted octanol–water partition coefficient (Wildman–Crippen LogP) is 4.70. The minimum absolute atomic E-state index is 0.119. The molecule has 0 fully saturated rings. The van der Waals surface area contributed by atoms with Gasteiger partial charge in [0.2, 0.25) is 5.91 Å². The normalized spacial score (nSPS) is 10.0. The number of hydrogen-bond donors (Lipinski definition) is 1. The van der Waals surface area contributed by atoms with E-state index in [1.54, 1.807) is 30.3 Å². The second-order valence-electron chi connectivity index (χ2n) is 4.28. The maximum Gasteiger partial charge on any atom is 0.228 e. The highest BCUT2D eigenvalue weighted by Crippen LogP contribution is 2.24. The monoisotopic (exact) mass is 338 g/mol. The lowest BCUT2D eigenvalue weighted by Gasteiger charge is -2.08. The van der Waals surface area contributed by atoms with Gasteiger partial charge in [-0.25, -0.2) is 0 Å². The van der Waals surface area contributed by atoms with Gasteiger partial charge in [0.25, 0.3) is 0 Å². The van der Waals surface area contributed by atoms with Crippen molar-refractivity contribution < 1.29 is 4.79 Å². The summed E-state index contributed by atoms with van der Waals surface area (Å²) in [4.78, 5) is 12.0. The molecule has 0 aromatic heterocycles. The first-order valence-electron chi connectivity index (χ1n) is 5.93. The van der Waals surface area contributed by atoms with Gasteiger partial charge in [0.1, 0.15) is 6.07 Å². The topological polar surface area (TPSA) is 52.9 Å². The molecule has 21 heavy (non-hydrogen) atoms. The Morgan fingerprint density at radius 2 is 1.86 bits per heavy atom. The highest BCUT2D eigenvalue weighted by molar-refractivity contribution is 6.42. The fourth-order valence-electron chi connectivity index (χ4n) is 1.75. The molecule has 0 spiro atoms. The van der Waals surface area contributed by atoms with Crippen LogP contribution in [-0.4, -0.2) is 5.91 Å². The fourth-order valence-corrected chi connectivity index (χ4v) is 2.24. The number of hydrogen-bond acceptors (Lipinski definition) is 2. The molecule has 2 aromatic carbocycles. The van der Waals surface area contributed by atoms with Crippen LogP contribution in [0.3, 0.4) is 0 Å². The van der Waals surface area contributed by atoms with Gasteiger partial charge in [-0.1, -0.05) is 40.9 Å². The fraction of sp³-hybridized carbons (Fsp3) is 0.0667. The molecule has 0 radical (unpaired) electrons. The van der Waals surface area contributed by atoms with Crippen LogP contribution in [-0.2, 0) is 11.2 Å². The van der Waals surface area contributed by atoms with Crippen molar-refractivity contribution in [2.24, 2.45) is 0 Å². The molecule has 0 aliphatic carbocycles. The Morgan fingerprint density at radius 1 is 1.10 bits per heavy atom. The van der Waals surface area contributed by atoms with Gasteiger partial charge in [0.05, 0.1) is 27.7 Å². The van der Waals surface area contributed by atoms with Crippen LogP contribution in [0.1, 0.15) is 11.1 Å². The number of halogens is 3. The number of benzene rings is 2. The number of carbonyl (C=O) groups is 1. The van der Waals surface area contributed by atoms with E-state index in [-0.39, 0.29) is 12.3 Å². The summed E-state index contributed by atoms with van der Waals surface area (Å²) < 4.78 is 0. The first kappa shape index (κ1) is 15.7. The van der Waals surface area contributed by atoms with Crippen molar-refractivity contribution in [1.29, 1.82) is 5.26 Å². The second kappa shape index (κ2) is 6.82. The molecule has 0 saturated heterocycles. The Morgan fingerprint density at radius 3 is 2.52 bits per heavy atom. The molecule has 0 aliphatic heterocycles. The Labute approximate surface area is 137 Å². The van der Waals surface area contributed by atoms with Crippen LogP contribution in [0.5, 0.6) is 0 Å². The van der Waals surface area contributed by atoms with E-state index in [2.05, 4.69) is 5.32 Å². The highest BCUT2D eigenvalue weighted by Gasteiger charge is 2.09. The lowest BCUT2D eigenvalue weighted by molar-refractivity contribution is -0.115. The van der Waals surface area contributed by atoms with Crippen molar-refractivity contribution in [2.75, 3.05) is 5.32 Å². The largest absolute Gasteiger partial charge is 0.325 e. The van der Waals surface area contributed by atoms with Crippen molar-refractivity contribution in [3.63, 3.8) is 0 Å². The highest BCUT2D eigenvalue weighted by atomic mass is 35.5. The molecule has 0 bridgehead atoms.